The fourth-order valence-corrected chi connectivity index (χ4v) is 4.53. The van der Waals surface area contributed by atoms with Gasteiger partial charge in [-0.2, -0.15) is 0 Å². The highest BCUT2D eigenvalue weighted by Gasteiger charge is 2.32. The van der Waals surface area contributed by atoms with E-state index in [9.17, 15) is 14.9 Å². The van der Waals surface area contributed by atoms with Gasteiger partial charge >= 0.3 is 0 Å². The predicted octanol–water partition coefficient (Wildman–Crippen LogP) is 4.48. The number of carbonyl (C=O) groups excluding carboxylic acids is 1. The van der Waals surface area contributed by atoms with Gasteiger partial charge in [0.2, 0.25) is 0 Å². The maximum Gasteiger partial charge on any atom is 0.273 e. The van der Waals surface area contributed by atoms with Crippen LogP contribution in [0.25, 0.3) is 0 Å². The number of hydrogen-bond donors (Lipinski definition) is 0. The van der Waals surface area contributed by atoms with Crippen molar-refractivity contribution in [2.75, 3.05) is 13.7 Å². The lowest BCUT2D eigenvalue weighted by Gasteiger charge is -2.41. The predicted molar refractivity (Wildman–Crippen MR) is 106 cm³/mol. The van der Waals surface area contributed by atoms with Crippen LogP contribution in [0, 0.1) is 10.1 Å². The molecule has 0 N–H and O–H groups in total. The number of methoxy groups -OCH3 is 1. The zero-order valence-corrected chi connectivity index (χ0v) is 16.6. The zero-order chi connectivity index (χ0) is 19.9. The minimum absolute atomic E-state index is 0.0210. The molecule has 1 aromatic rings. The third-order valence-electron chi connectivity index (χ3n) is 5.93. The second kappa shape index (κ2) is 9.75. The van der Waals surface area contributed by atoms with Crippen molar-refractivity contribution in [3.63, 3.8) is 0 Å². The first kappa shape index (κ1) is 20.4. The van der Waals surface area contributed by atoms with Crippen LogP contribution in [-0.2, 0) is 4.79 Å². The topological polar surface area (TPSA) is 81.9 Å². The number of non-ortho nitro benzene ring substituents is 1. The summed E-state index contributed by atoms with van der Waals surface area (Å²) in [5.74, 6) is 0.602. The second-order valence-corrected chi connectivity index (χ2v) is 7.77. The fraction of sp³-hybridized carbons (Fsp3) is 0.667. The smallest absolute Gasteiger partial charge is 0.273 e. The molecule has 0 aliphatic heterocycles. The second-order valence-electron chi connectivity index (χ2n) is 7.77. The van der Waals surface area contributed by atoms with Crippen molar-refractivity contribution in [1.82, 2.24) is 4.90 Å². The quantitative estimate of drug-likeness (QED) is 0.506. The van der Waals surface area contributed by atoms with Crippen LogP contribution in [0.2, 0.25) is 0 Å². The highest BCUT2D eigenvalue weighted by Crippen LogP contribution is 2.33. The molecule has 2 aliphatic rings. The number of rotatable bonds is 7. The molecule has 0 bridgehead atoms. The Bertz CT molecular complexity index is 663. The molecule has 0 heterocycles. The van der Waals surface area contributed by atoms with Gasteiger partial charge in [0.25, 0.3) is 11.6 Å². The van der Waals surface area contributed by atoms with Crippen LogP contribution in [0.15, 0.2) is 18.2 Å². The molecule has 0 aromatic heterocycles. The van der Waals surface area contributed by atoms with Crippen molar-refractivity contribution < 1.29 is 19.2 Å². The summed E-state index contributed by atoms with van der Waals surface area (Å²) in [7, 11) is 1.48. The molecule has 2 aliphatic carbocycles. The lowest BCUT2D eigenvalue weighted by atomic mass is 9.88. The van der Waals surface area contributed by atoms with Crippen molar-refractivity contribution in [2.24, 2.45) is 0 Å². The molecule has 7 heteroatoms. The van der Waals surface area contributed by atoms with E-state index in [1.54, 1.807) is 0 Å². The van der Waals surface area contributed by atoms with Crippen molar-refractivity contribution in [3.05, 3.63) is 28.3 Å². The molecule has 0 spiro atoms. The number of amides is 1. The van der Waals surface area contributed by atoms with Gasteiger partial charge in [-0.1, -0.05) is 38.5 Å². The SMILES string of the molecule is COc1ccc([N+](=O)[O-])cc1OCC(=O)N(C1CCCCC1)C1CCCCC1. The largest absolute Gasteiger partial charge is 0.493 e. The number of hydrogen-bond acceptors (Lipinski definition) is 5. The summed E-state index contributed by atoms with van der Waals surface area (Å²) in [5.41, 5.74) is -0.0836. The average molecular weight is 390 g/mol. The van der Waals surface area contributed by atoms with E-state index >= 15 is 0 Å². The van der Waals surface area contributed by atoms with Crippen LogP contribution >= 0.6 is 0 Å². The molecular formula is C21H30N2O5. The molecule has 28 heavy (non-hydrogen) atoms. The van der Waals surface area contributed by atoms with Crippen molar-refractivity contribution in [2.45, 2.75) is 76.3 Å². The molecule has 2 saturated carbocycles. The maximum absolute atomic E-state index is 13.2. The third-order valence-corrected chi connectivity index (χ3v) is 5.93. The van der Waals surface area contributed by atoms with Crippen LogP contribution in [0.4, 0.5) is 5.69 Å². The Labute approximate surface area is 166 Å². The highest BCUT2D eigenvalue weighted by atomic mass is 16.6. The summed E-state index contributed by atoms with van der Waals surface area (Å²) in [6, 6.07) is 4.76. The minimum Gasteiger partial charge on any atom is -0.493 e. The Hall–Kier alpha value is -2.31. The number of carbonyl (C=O) groups is 1. The van der Waals surface area contributed by atoms with Gasteiger partial charge in [-0.25, -0.2) is 0 Å². The number of benzene rings is 1. The van der Waals surface area contributed by atoms with Gasteiger partial charge < -0.3 is 14.4 Å². The third kappa shape index (κ3) is 4.94. The molecule has 3 rings (SSSR count). The van der Waals surface area contributed by atoms with Crippen LogP contribution in [0.3, 0.4) is 0 Å². The van der Waals surface area contributed by atoms with E-state index in [2.05, 4.69) is 4.90 Å². The highest BCUT2D eigenvalue weighted by molar-refractivity contribution is 5.78. The first-order valence-electron chi connectivity index (χ1n) is 10.4. The standard InChI is InChI=1S/C21H30N2O5/c1-27-19-13-12-18(23(25)26)14-20(19)28-15-21(24)22(16-8-4-2-5-9-16)17-10-6-3-7-11-17/h12-14,16-17H,2-11,15H2,1H3. The molecular weight excluding hydrogens is 360 g/mol. The summed E-state index contributed by atoms with van der Waals surface area (Å²) in [6.07, 6.45) is 11.4. The number of nitrogens with zero attached hydrogens (tertiary/aromatic N) is 2. The Kier molecular flexibility index (Phi) is 7.12. The molecule has 2 fully saturated rings. The summed E-state index contributed by atoms with van der Waals surface area (Å²) >= 11 is 0. The van der Waals surface area contributed by atoms with E-state index in [1.807, 2.05) is 0 Å². The van der Waals surface area contributed by atoms with E-state index in [-0.39, 0.29) is 24.0 Å². The molecule has 0 unspecified atom stereocenters. The average Bonchev–Trinajstić information content (AvgIpc) is 2.73. The van der Waals surface area contributed by atoms with Crippen molar-refractivity contribution in [1.29, 1.82) is 0 Å². The van der Waals surface area contributed by atoms with Crippen LogP contribution in [0.5, 0.6) is 11.5 Å². The van der Waals surface area contributed by atoms with Gasteiger partial charge in [0, 0.05) is 18.2 Å². The van der Waals surface area contributed by atoms with E-state index in [0.717, 1.165) is 25.7 Å². The van der Waals surface area contributed by atoms with E-state index in [1.165, 1.54) is 63.8 Å². The molecule has 1 aromatic carbocycles. The number of ether oxygens (including phenoxy) is 2. The Morgan fingerprint density at radius 3 is 2.11 bits per heavy atom. The van der Waals surface area contributed by atoms with E-state index in [0.29, 0.717) is 17.8 Å². The van der Waals surface area contributed by atoms with E-state index < -0.39 is 4.92 Å². The van der Waals surface area contributed by atoms with E-state index in [4.69, 9.17) is 9.47 Å². The molecule has 7 nitrogen and oxygen atoms in total. The van der Waals surface area contributed by atoms with Gasteiger partial charge in [0.05, 0.1) is 18.1 Å². The molecule has 0 radical (unpaired) electrons. The fourth-order valence-electron chi connectivity index (χ4n) is 4.53. The minimum atomic E-state index is -0.482. The zero-order valence-electron chi connectivity index (χ0n) is 16.6. The molecule has 0 saturated heterocycles. The molecule has 154 valence electrons. The number of nitro benzene ring substituents is 1. The summed E-state index contributed by atoms with van der Waals surface area (Å²) < 4.78 is 11.0. The van der Waals surface area contributed by atoms with Crippen LogP contribution in [0.1, 0.15) is 64.2 Å². The Morgan fingerprint density at radius 1 is 1.04 bits per heavy atom. The normalized spacial score (nSPS) is 18.5. The van der Waals surface area contributed by atoms with Crippen LogP contribution < -0.4 is 9.47 Å². The summed E-state index contributed by atoms with van der Waals surface area (Å²) in [4.78, 5) is 25.8. The van der Waals surface area contributed by atoms with Gasteiger partial charge in [0.15, 0.2) is 18.1 Å². The Balaban J connectivity index is 1.72. The van der Waals surface area contributed by atoms with Gasteiger partial charge in [-0.15, -0.1) is 0 Å². The van der Waals surface area contributed by atoms with Gasteiger partial charge in [0.1, 0.15) is 0 Å². The first-order valence-corrected chi connectivity index (χ1v) is 10.4. The van der Waals surface area contributed by atoms with Gasteiger partial charge in [-0.3, -0.25) is 14.9 Å². The first-order chi connectivity index (χ1) is 13.6. The lowest BCUT2D eigenvalue weighted by Crippen LogP contribution is -2.50. The lowest BCUT2D eigenvalue weighted by molar-refractivity contribution is -0.385. The van der Waals surface area contributed by atoms with Crippen LogP contribution in [-0.4, -0.2) is 41.5 Å². The monoisotopic (exact) mass is 390 g/mol. The Morgan fingerprint density at radius 2 is 1.61 bits per heavy atom. The molecule has 1 amide bonds. The number of nitro groups is 1. The van der Waals surface area contributed by atoms with Gasteiger partial charge in [-0.05, 0) is 31.7 Å². The van der Waals surface area contributed by atoms with Crippen molar-refractivity contribution in [3.8, 4) is 11.5 Å². The summed E-state index contributed by atoms with van der Waals surface area (Å²) in [6.45, 7) is -0.121. The molecule has 0 atom stereocenters. The maximum atomic E-state index is 13.2. The summed E-state index contributed by atoms with van der Waals surface area (Å²) in [5, 5.41) is 11.0. The van der Waals surface area contributed by atoms with Crippen molar-refractivity contribution >= 4 is 11.6 Å².